The zero-order chi connectivity index (χ0) is 15.1. The van der Waals surface area contributed by atoms with Gasteiger partial charge in [0.05, 0.1) is 13.0 Å². The number of aromatic nitrogens is 6. The third-order valence-corrected chi connectivity index (χ3v) is 3.60. The van der Waals surface area contributed by atoms with Crippen LogP contribution in [0, 0.1) is 6.92 Å². The predicted octanol–water partition coefficient (Wildman–Crippen LogP) is 0.204. The number of hydrogen-bond acceptors (Lipinski definition) is 7. The van der Waals surface area contributed by atoms with Crippen molar-refractivity contribution in [1.29, 1.82) is 0 Å². The minimum atomic E-state index is -0.199. The summed E-state index contributed by atoms with van der Waals surface area (Å²) in [7, 11) is 0. The van der Waals surface area contributed by atoms with E-state index in [0.717, 1.165) is 13.0 Å². The number of fused-ring (bicyclic) bond motifs is 1. The minimum absolute atomic E-state index is 0.195. The molecule has 1 atom stereocenters. The van der Waals surface area contributed by atoms with Crippen molar-refractivity contribution >= 4 is 5.78 Å². The molecule has 4 rings (SSSR count). The molecule has 3 aromatic rings. The second kappa shape index (κ2) is 5.02. The maximum absolute atomic E-state index is 11.8. The number of hydrogen-bond donors (Lipinski definition) is 1. The summed E-state index contributed by atoms with van der Waals surface area (Å²) in [6.07, 6.45) is 1.23. The van der Waals surface area contributed by atoms with Crippen LogP contribution in [-0.4, -0.2) is 42.9 Å². The molecule has 9 nitrogen and oxygen atoms in total. The van der Waals surface area contributed by atoms with Crippen LogP contribution in [0.25, 0.3) is 5.78 Å². The van der Waals surface area contributed by atoms with Crippen LogP contribution in [0.3, 0.4) is 0 Å². The Bertz CT molecular complexity index is 873. The fraction of sp³-hybridized carbons (Fsp3) is 0.462. The molecule has 0 aliphatic carbocycles. The first-order chi connectivity index (χ1) is 10.7. The van der Waals surface area contributed by atoms with E-state index in [-0.39, 0.29) is 11.5 Å². The lowest BCUT2D eigenvalue weighted by molar-refractivity contribution is 0.192. The first-order valence-electron chi connectivity index (χ1n) is 7.04. The number of H-pyrrole nitrogens is 1. The molecule has 0 bridgehead atoms. The highest BCUT2D eigenvalue weighted by atomic mass is 16.5. The third kappa shape index (κ3) is 2.29. The van der Waals surface area contributed by atoms with Crippen molar-refractivity contribution in [2.75, 3.05) is 13.2 Å². The number of aromatic amines is 1. The highest BCUT2D eigenvalue weighted by Crippen LogP contribution is 2.22. The second-order valence-corrected chi connectivity index (χ2v) is 5.33. The lowest BCUT2D eigenvalue weighted by atomic mass is 10.1. The van der Waals surface area contributed by atoms with Gasteiger partial charge in [-0.05, 0) is 13.3 Å². The molecule has 0 aromatic carbocycles. The van der Waals surface area contributed by atoms with E-state index in [9.17, 15) is 4.79 Å². The normalized spacial score (nSPS) is 18.3. The molecule has 1 fully saturated rings. The van der Waals surface area contributed by atoms with Gasteiger partial charge in [-0.2, -0.15) is 14.5 Å². The van der Waals surface area contributed by atoms with Crippen molar-refractivity contribution in [3.63, 3.8) is 0 Å². The number of rotatable bonds is 3. The molecule has 1 N–H and O–H groups in total. The molecule has 9 heteroatoms. The topological polar surface area (TPSA) is 111 Å². The van der Waals surface area contributed by atoms with Crippen LogP contribution in [-0.2, 0) is 11.2 Å². The van der Waals surface area contributed by atoms with Crippen molar-refractivity contribution in [2.24, 2.45) is 0 Å². The summed E-state index contributed by atoms with van der Waals surface area (Å²) in [6, 6.07) is 1.44. The van der Waals surface area contributed by atoms with Crippen LogP contribution < -0.4 is 5.56 Å². The molecular formula is C13H14N6O3. The molecule has 3 aromatic heterocycles. The Morgan fingerprint density at radius 3 is 3.14 bits per heavy atom. The van der Waals surface area contributed by atoms with E-state index < -0.39 is 0 Å². The van der Waals surface area contributed by atoms with Gasteiger partial charge in [0.2, 0.25) is 5.89 Å². The van der Waals surface area contributed by atoms with Crippen LogP contribution in [0.2, 0.25) is 0 Å². The van der Waals surface area contributed by atoms with E-state index in [1.54, 1.807) is 6.92 Å². The third-order valence-electron chi connectivity index (χ3n) is 3.60. The van der Waals surface area contributed by atoms with Crippen molar-refractivity contribution in [3.05, 3.63) is 39.7 Å². The Balaban J connectivity index is 1.60. The fourth-order valence-electron chi connectivity index (χ4n) is 2.50. The van der Waals surface area contributed by atoms with Gasteiger partial charge in [0.1, 0.15) is 5.82 Å². The van der Waals surface area contributed by atoms with Crippen LogP contribution in [0.1, 0.15) is 35.6 Å². The average molecular weight is 302 g/mol. The van der Waals surface area contributed by atoms with Crippen molar-refractivity contribution in [3.8, 4) is 0 Å². The van der Waals surface area contributed by atoms with Gasteiger partial charge in [-0.3, -0.25) is 9.89 Å². The molecule has 114 valence electrons. The molecule has 1 aliphatic rings. The number of nitrogens with zero attached hydrogens (tertiary/aromatic N) is 5. The van der Waals surface area contributed by atoms with E-state index in [1.165, 1.54) is 10.6 Å². The molecule has 1 saturated heterocycles. The Morgan fingerprint density at radius 2 is 2.32 bits per heavy atom. The molecule has 1 aliphatic heterocycles. The molecule has 0 unspecified atom stereocenters. The molecule has 4 heterocycles. The van der Waals surface area contributed by atoms with Crippen LogP contribution in [0.4, 0.5) is 0 Å². The zero-order valence-corrected chi connectivity index (χ0v) is 11.9. The minimum Gasteiger partial charge on any atom is -0.381 e. The summed E-state index contributed by atoms with van der Waals surface area (Å²) in [5.74, 6) is 2.19. The number of nitrogens with one attached hydrogen (secondary N) is 1. The maximum atomic E-state index is 11.8. The monoisotopic (exact) mass is 302 g/mol. The SMILES string of the molecule is Cc1cc(=O)n2[nH]c(Cc3nc([C@H]4CCOC4)no3)nc2n1. The van der Waals surface area contributed by atoms with Crippen LogP contribution in [0.15, 0.2) is 15.4 Å². The van der Waals surface area contributed by atoms with E-state index in [1.807, 2.05) is 0 Å². The number of ether oxygens (including phenoxy) is 1. The summed E-state index contributed by atoms with van der Waals surface area (Å²) < 4.78 is 11.9. The van der Waals surface area contributed by atoms with Gasteiger partial charge in [-0.1, -0.05) is 5.16 Å². The predicted molar refractivity (Wildman–Crippen MR) is 73.6 cm³/mol. The maximum Gasteiger partial charge on any atom is 0.274 e. The Morgan fingerprint density at radius 1 is 1.41 bits per heavy atom. The van der Waals surface area contributed by atoms with E-state index in [4.69, 9.17) is 9.26 Å². The summed E-state index contributed by atoms with van der Waals surface area (Å²) in [5.41, 5.74) is 0.430. The first-order valence-corrected chi connectivity index (χ1v) is 7.04. The summed E-state index contributed by atoms with van der Waals surface area (Å²) in [6.45, 7) is 3.11. The summed E-state index contributed by atoms with van der Waals surface area (Å²) >= 11 is 0. The Hall–Kier alpha value is -2.55. The van der Waals surface area contributed by atoms with Gasteiger partial charge in [-0.15, -0.1) is 0 Å². The average Bonchev–Trinajstić information content (AvgIpc) is 3.17. The lowest BCUT2D eigenvalue weighted by Gasteiger charge is -1.97. The van der Waals surface area contributed by atoms with Gasteiger partial charge in [0, 0.05) is 24.3 Å². The Labute approximate surface area is 124 Å². The molecule has 0 amide bonds. The first kappa shape index (κ1) is 13.1. The molecular weight excluding hydrogens is 288 g/mol. The van der Waals surface area contributed by atoms with Crippen molar-refractivity contribution in [2.45, 2.75) is 25.7 Å². The largest absolute Gasteiger partial charge is 0.381 e. The van der Waals surface area contributed by atoms with Gasteiger partial charge >= 0.3 is 0 Å². The van der Waals surface area contributed by atoms with Gasteiger partial charge in [0.25, 0.3) is 11.3 Å². The standard InChI is InChI=1S/C13H14N6O3/c1-7-4-11(20)19-13(14-7)15-9(17-19)5-10-16-12(18-22-10)8-2-3-21-6-8/h4,8H,2-3,5-6H2,1H3,(H,14,15,17)/t8-/m0/s1. The highest BCUT2D eigenvalue weighted by Gasteiger charge is 2.23. The van der Waals surface area contributed by atoms with E-state index >= 15 is 0 Å². The van der Waals surface area contributed by atoms with Crippen LogP contribution >= 0.6 is 0 Å². The van der Waals surface area contributed by atoms with Crippen molar-refractivity contribution in [1.82, 2.24) is 29.7 Å². The van der Waals surface area contributed by atoms with Gasteiger partial charge < -0.3 is 9.26 Å². The summed E-state index contributed by atoms with van der Waals surface area (Å²) in [4.78, 5) is 24.7. The molecule has 22 heavy (non-hydrogen) atoms. The summed E-state index contributed by atoms with van der Waals surface area (Å²) in [5, 5.41) is 6.88. The van der Waals surface area contributed by atoms with E-state index in [2.05, 4.69) is 25.2 Å². The molecule has 0 spiro atoms. The Kier molecular flexibility index (Phi) is 3.00. The van der Waals surface area contributed by atoms with Gasteiger partial charge in [-0.25, -0.2) is 4.98 Å². The zero-order valence-electron chi connectivity index (χ0n) is 11.9. The van der Waals surface area contributed by atoms with Gasteiger partial charge in [0.15, 0.2) is 5.82 Å². The smallest absolute Gasteiger partial charge is 0.274 e. The fourth-order valence-corrected chi connectivity index (χ4v) is 2.50. The lowest BCUT2D eigenvalue weighted by Crippen LogP contribution is -2.14. The van der Waals surface area contributed by atoms with Crippen LogP contribution in [0.5, 0.6) is 0 Å². The number of aryl methyl sites for hydroxylation is 1. The molecule has 0 radical (unpaired) electrons. The van der Waals surface area contributed by atoms with E-state index in [0.29, 0.717) is 42.0 Å². The molecule has 0 saturated carbocycles. The van der Waals surface area contributed by atoms with Crippen molar-refractivity contribution < 1.29 is 9.26 Å². The second-order valence-electron chi connectivity index (χ2n) is 5.33. The highest BCUT2D eigenvalue weighted by molar-refractivity contribution is 5.28. The quantitative estimate of drug-likeness (QED) is 0.735.